The van der Waals surface area contributed by atoms with Gasteiger partial charge in [0.05, 0.1) is 29.4 Å². The zero-order valence-electron chi connectivity index (χ0n) is 16.0. The fourth-order valence-corrected chi connectivity index (χ4v) is 4.07. The summed E-state index contributed by atoms with van der Waals surface area (Å²) in [6.07, 6.45) is 4.80. The molecule has 29 heavy (non-hydrogen) atoms. The Kier molecular flexibility index (Phi) is 5.84. The third-order valence-corrected chi connectivity index (χ3v) is 5.83. The summed E-state index contributed by atoms with van der Waals surface area (Å²) in [6.45, 7) is 1.38. The number of ether oxygens (including phenoxy) is 2. The maximum atomic E-state index is 12.9. The number of thioether (sulfide) groups is 1. The molecule has 8 heteroatoms. The molecule has 0 bridgehead atoms. The molecule has 0 saturated heterocycles. The smallest absolute Gasteiger partial charge is 0.253 e. The Bertz CT molecular complexity index is 1000. The second kappa shape index (κ2) is 8.52. The van der Waals surface area contributed by atoms with Crippen molar-refractivity contribution in [2.24, 2.45) is 0 Å². The van der Waals surface area contributed by atoms with Crippen LogP contribution in [-0.4, -0.2) is 30.4 Å². The molecule has 1 aromatic heterocycles. The number of aromatic nitrogens is 1. The van der Waals surface area contributed by atoms with Crippen molar-refractivity contribution in [1.82, 2.24) is 10.3 Å². The fourth-order valence-electron chi connectivity index (χ4n) is 3.23. The van der Waals surface area contributed by atoms with Crippen molar-refractivity contribution in [3.05, 3.63) is 45.6 Å². The van der Waals surface area contributed by atoms with Crippen LogP contribution < -0.4 is 14.8 Å². The van der Waals surface area contributed by atoms with E-state index in [1.807, 2.05) is 12.3 Å². The molecule has 1 N–H and O–H groups in total. The summed E-state index contributed by atoms with van der Waals surface area (Å²) < 4.78 is 11.3. The Balaban J connectivity index is 1.56. The molecule has 0 spiro atoms. The quantitative estimate of drug-likeness (QED) is 0.713. The van der Waals surface area contributed by atoms with Crippen LogP contribution in [-0.2, 0) is 6.54 Å². The minimum atomic E-state index is -0.301. The number of pyridine rings is 1. The molecule has 2 aromatic rings. The van der Waals surface area contributed by atoms with Crippen LogP contribution in [0.3, 0.4) is 0 Å². The molecule has 1 aliphatic carbocycles. The Hall–Kier alpha value is -2.43. The zero-order valence-corrected chi connectivity index (χ0v) is 17.5. The van der Waals surface area contributed by atoms with Crippen LogP contribution in [0.5, 0.6) is 11.5 Å². The molecule has 1 amide bonds. The van der Waals surface area contributed by atoms with Gasteiger partial charge in [-0.05, 0) is 42.9 Å². The van der Waals surface area contributed by atoms with Crippen molar-refractivity contribution in [2.75, 3.05) is 19.5 Å². The number of halogens is 1. The monoisotopic (exact) mass is 429 g/mol. The summed E-state index contributed by atoms with van der Waals surface area (Å²) in [5, 5.41) is 13.5. The second-order valence-electron chi connectivity index (χ2n) is 7.00. The van der Waals surface area contributed by atoms with Crippen molar-refractivity contribution >= 4 is 29.3 Å². The molecular formula is C21H20ClN3O3S. The number of nitrogens with zero attached hydrogens (tertiary/aromatic N) is 2. The summed E-state index contributed by atoms with van der Waals surface area (Å²) in [5.74, 6) is 1.21. The van der Waals surface area contributed by atoms with Crippen molar-refractivity contribution in [3.8, 4) is 17.6 Å². The number of hydrogen-bond acceptors (Lipinski definition) is 6. The molecule has 1 aliphatic heterocycles. The maximum absolute atomic E-state index is 12.9. The van der Waals surface area contributed by atoms with Crippen molar-refractivity contribution in [3.63, 3.8) is 0 Å². The molecule has 1 saturated carbocycles. The van der Waals surface area contributed by atoms with E-state index in [0.29, 0.717) is 51.8 Å². The first kappa shape index (κ1) is 19.9. The number of fused-ring (bicyclic) bond motifs is 1. The highest BCUT2D eigenvalue weighted by Crippen LogP contribution is 2.41. The molecule has 4 rings (SSSR count). The predicted molar refractivity (Wildman–Crippen MR) is 111 cm³/mol. The molecule has 1 fully saturated rings. The van der Waals surface area contributed by atoms with Gasteiger partial charge in [-0.1, -0.05) is 11.6 Å². The average Bonchev–Trinajstić information content (AvgIpc) is 3.58. The first-order valence-corrected chi connectivity index (χ1v) is 11.1. The van der Waals surface area contributed by atoms with Gasteiger partial charge >= 0.3 is 0 Å². The molecule has 150 valence electrons. The van der Waals surface area contributed by atoms with Gasteiger partial charge in [0.25, 0.3) is 5.91 Å². The molecule has 2 heterocycles. The van der Waals surface area contributed by atoms with Crippen LogP contribution >= 0.6 is 23.4 Å². The van der Waals surface area contributed by atoms with E-state index in [-0.39, 0.29) is 12.5 Å². The van der Waals surface area contributed by atoms with Crippen LogP contribution in [0.15, 0.2) is 23.2 Å². The summed E-state index contributed by atoms with van der Waals surface area (Å²) >= 11 is 7.71. The molecule has 6 nitrogen and oxygen atoms in total. The van der Waals surface area contributed by atoms with Crippen LogP contribution in [0.2, 0.25) is 5.02 Å². The Labute approximate surface area is 178 Å². The van der Waals surface area contributed by atoms with Gasteiger partial charge < -0.3 is 14.8 Å². The highest BCUT2D eigenvalue weighted by Gasteiger charge is 2.28. The topological polar surface area (TPSA) is 84.2 Å². The van der Waals surface area contributed by atoms with Crippen molar-refractivity contribution < 1.29 is 14.3 Å². The molecule has 0 unspecified atom stereocenters. The second-order valence-corrected chi connectivity index (χ2v) is 8.21. The van der Waals surface area contributed by atoms with Crippen molar-refractivity contribution in [1.29, 1.82) is 5.26 Å². The van der Waals surface area contributed by atoms with E-state index in [1.54, 1.807) is 12.1 Å². The third-order valence-electron chi connectivity index (χ3n) is 4.87. The lowest BCUT2D eigenvalue weighted by atomic mass is 10.1. The first-order chi connectivity index (χ1) is 14.1. The third kappa shape index (κ3) is 4.29. The van der Waals surface area contributed by atoms with Gasteiger partial charge in [0.15, 0.2) is 11.5 Å². The average molecular weight is 430 g/mol. The van der Waals surface area contributed by atoms with Gasteiger partial charge in [0, 0.05) is 24.6 Å². The van der Waals surface area contributed by atoms with Gasteiger partial charge in [-0.2, -0.15) is 5.26 Å². The van der Waals surface area contributed by atoms with E-state index in [4.69, 9.17) is 21.1 Å². The van der Waals surface area contributed by atoms with Gasteiger partial charge in [0.2, 0.25) is 0 Å². The Morgan fingerprint density at radius 2 is 2.14 bits per heavy atom. The van der Waals surface area contributed by atoms with E-state index < -0.39 is 0 Å². The SMILES string of the molecule is CSc1nc(C2CC2)cc(C(=O)NCc2cc(Cl)c3c(c2)OCCCO3)c1C#N. The molecular weight excluding hydrogens is 410 g/mol. The summed E-state index contributed by atoms with van der Waals surface area (Å²) in [6, 6.07) is 7.48. The van der Waals surface area contributed by atoms with E-state index in [1.165, 1.54) is 11.8 Å². The number of hydrogen-bond donors (Lipinski definition) is 1. The van der Waals surface area contributed by atoms with Crippen LogP contribution in [0, 0.1) is 11.3 Å². The normalized spacial score (nSPS) is 15.3. The highest BCUT2D eigenvalue weighted by atomic mass is 35.5. The number of carbonyl (C=O) groups is 1. The fraction of sp³-hybridized carbons (Fsp3) is 0.381. The first-order valence-electron chi connectivity index (χ1n) is 9.46. The lowest BCUT2D eigenvalue weighted by Gasteiger charge is -2.13. The van der Waals surface area contributed by atoms with E-state index in [0.717, 1.165) is 30.5 Å². The van der Waals surface area contributed by atoms with E-state index in [9.17, 15) is 10.1 Å². The van der Waals surface area contributed by atoms with Crippen LogP contribution in [0.1, 0.15) is 52.4 Å². The predicted octanol–water partition coefficient (Wildman–Crippen LogP) is 4.30. The minimum Gasteiger partial charge on any atom is -0.489 e. The van der Waals surface area contributed by atoms with E-state index >= 15 is 0 Å². The summed E-state index contributed by atoms with van der Waals surface area (Å²) in [5.41, 5.74) is 2.37. The summed E-state index contributed by atoms with van der Waals surface area (Å²) in [4.78, 5) is 17.5. The van der Waals surface area contributed by atoms with Gasteiger partial charge in [0.1, 0.15) is 11.1 Å². The number of carbonyl (C=O) groups excluding carboxylic acids is 1. The van der Waals surface area contributed by atoms with Crippen molar-refractivity contribution in [2.45, 2.75) is 36.8 Å². The van der Waals surface area contributed by atoms with Gasteiger partial charge in [-0.15, -0.1) is 11.8 Å². The Morgan fingerprint density at radius 3 is 2.86 bits per heavy atom. The maximum Gasteiger partial charge on any atom is 0.253 e. The number of rotatable bonds is 5. The lowest BCUT2D eigenvalue weighted by molar-refractivity contribution is 0.0950. The van der Waals surface area contributed by atoms with Gasteiger partial charge in [-0.3, -0.25) is 4.79 Å². The molecule has 0 radical (unpaired) electrons. The van der Waals surface area contributed by atoms with Crippen LogP contribution in [0.4, 0.5) is 0 Å². The highest BCUT2D eigenvalue weighted by molar-refractivity contribution is 7.98. The number of amides is 1. The molecule has 1 aromatic carbocycles. The molecule has 0 atom stereocenters. The largest absolute Gasteiger partial charge is 0.489 e. The van der Waals surface area contributed by atoms with E-state index in [2.05, 4.69) is 16.4 Å². The van der Waals surface area contributed by atoms with Gasteiger partial charge in [-0.25, -0.2) is 4.98 Å². The Morgan fingerprint density at radius 1 is 1.34 bits per heavy atom. The molecule has 2 aliphatic rings. The lowest BCUT2D eigenvalue weighted by Crippen LogP contribution is -2.24. The number of nitriles is 1. The van der Waals surface area contributed by atoms with Crippen LogP contribution in [0.25, 0.3) is 0 Å². The summed E-state index contributed by atoms with van der Waals surface area (Å²) in [7, 11) is 0. The number of nitrogens with one attached hydrogen (secondary N) is 1. The minimum absolute atomic E-state index is 0.260. The number of benzene rings is 1. The standard InChI is InChI=1S/C21H20ClN3O3S/c1-29-21-15(10-23)14(9-17(25-21)13-3-4-13)20(26)24-11-12-7-16(22)19-18(8-12)27-5-2-6-28-19/h7-9,13H,2-6,11H2,1H3,(H,24,26). The zero-order chi connectivity index (χ0) is 20.4.